The summed E-state index contributed by atoms with van der Waals surface area (Å²) in [5.74, 6) is -0.334. The van der Waals surface area contributed by atoms with Gasteiger partial charge >= 0.3 is 5.97 Å². The Morgan fingerprint density at radius 1 is 1.36 bits per heavy atom. The zero-order chi connectivity index (χ0) is 18.4. The van der Waals surface area contributed by atoms with Gasteiger partial charge in [0.2, 0.25) is 5.91 Å². The lowest BCUT2D eigenvalue weighted by atomic mass is 10.2. The maximum absolute atomic E-state index is 12.5. The summed E-state index contributed by atoms with van der Waals surface area (Å²) in [6, 6.07) is 5.10. The molecule has 0 saturated carbocycles. The fourth-order valence-electron chi connectivity index (χ4n) is 2.29. The molecule has 0 aliphatic carbocycles. The molecule has 9 heteroatoms. The molecule has 8 nitrogen and oxygen atoms in total. The largest absolute Gasteiger partial charge is 0.467 e. The molecular weight excluding hydrogens is 344 g/mol. The Labute approximate surface area is 148 Å². The minimum absolute atomic E-state index is 0.379. The summed E-state index contributed by atoms with van der Waals surface area (Å²) in [6.45, 7) is 1.53. The molecule has 0 radical (unpaired) electrons. The van der Waals surface area contributed by atoms with Crippen LogP contribution in [0.15, 0.2) is 29.1 Å². The number of esters is 1. The standard InChI is InChI=1S/C16H20N4O4S/c1-10(14(21)17-13(8-9-25-3)16(23)24-2)20-15(22)11-6-4-5-7-12(11)18-19-20/h4-7,10,13H,8-9H2,1-3H3,(H,17,21). The van der Waals surface area contributed by atoms with E-state index in [0.717, 1.165) is 4.68 Å². The zero-order valence-corrected chi connectivity index (χ0v) is 15.1. The minimum atomic E-state index is -0.911. The highest BCUT2D eigenvalue weighted by Crippen LogP contribution is 2.08. The van der Waals surface area contributed by atoms with Gasteiger partial charge in [-0.15, -0.1) is 5.10 Å². The normalized spacial score (nSPS) is 13.2. The summed E-state index contributed by atoms with van der Waals surface area (Å²) < 4.78 is 5.73. The third kappa shape index (κ3) is 4.36. The van der Waals surface area contributed by atoms with Gasteiger partial charge in [-0.05, 0) is 37.5 Å². The monoisotopic (exact) mass is 364 g/mol. The van der Waals surface area contributed by atoms with Crippen LogP contribution in [0.4, 0.5) is 0 Å². The molecule has 0 fully saturated rings. The van der Waals surface area contributed by atoms with Crippen LogP contribution < -0.4 is 10.9 Å². The van der Waals surface area contributed by atoms with E-state index in [2.05, 4.69) is 15.6 Å². The average molecular weight is 364 g/mol. The van der Waals surface area contributed by atoms with Gasteiger partial charge in [0, 0.05) is 0 Å². The molecule has 0 saturated heterocycles. The van der Waals surface area contributed by atoms with Crippen LogP contribution in [0.5, 0.6) is 0 Å². The summed E-state index contributed by atoms with van der Waals surface area (Å²) in [4.78, 5) is 36.8. The second kappa shape index (κ2) is 8.61. The zero-order valence-electron chi connectivity index (χ0n) is 14.3. The molecule has 1 heterocycles. The smallest absolute Gasteiger partial charge is 0.328 e. The lowest BCUT2D eigenvalue weighted by Gasteiger charge is -2.19. The summed E-state index contributed by atoms with van der Waals surface area (Å²) >= 11 is 1.56. The molecular formula is C16H20N4O4S. The van der Waals surface area contributed by atoms with Gasteiger partial charge in [-0.25, -0.2) is 4.79 Å². The second-order valence-electron chi connectivity index (χ2n) is 5.40. The average Bonchev–Trinajstić information content (AvgIpc) is 2.64. The van der Waals surface area contributed by atoms with E-state index < -0.39 is 29.5 Å². The fraction of sp³-hybridized carbons (Fsp3) is 0.438. The van der Waals surface area contributed by atoms with Crippen molar-refractivity contribution in [1.82, 2.24) is 20.3 Å². The van der Waals surface area contributed by atoms with Crippen molar-refractivity contribution in [1.29, 1.82) is 0 Å². The molecule has 0 aliphatic rings. The summed E-state index contributed by atoms with van der Waals surface area (Å²) in [6.07, 6.45) is 2.34. The van der Waals surface area contributed by atoms with Gasteiger partial charge in [-0.1, -0.05) is 17.3 Å². The van der Waals surface area contributed by atoms with Crippen molar-refractivity contribution < 1.29 is 14.3 Å². The molecule has 25 heavy (non-hydrogen) atoms. The van der Waals surface area contributed by atoms with Crippen LogP contribution in [0.3, 0.4) is 0 Å². The number of rotatable bonds is 7. The number of methoxy groups -OCH3 is 1. The van der Waals surface area contributed by atoms with E-state index in [9.17, 15) is 14.4 Å². The van der Waals surface area contributed by atoms with E-state index in [1.807, 2.05) is 6.26 Å². The van der Waals surface area contributed by atoms with Crippen LogP contribution in [0.2, 0.25) is 0 Å². The van der Waals surface area contributed by atoms with Crippen LogP contribution in [0.25, 0.3) is 10.9 Å². The topological polar surface area (TPSA) is 103 Å². The Hall–Kier alpha value is -2.42. The number of aromatic nitrogens is 3. The number of fused-ring (bicyclic) bond motifs is 1. The van der Waals surface area contributed by atoms with Crippen molar-refractivity contribution >= 4 is 34.5 Å². The Bertz CT molecular complexity index is 823. The molecule has 0 spiro atoms. The third-order valence-electron chi connectivity index (χ3n) is 3.75. The van der Waals surface area contributed by atoms with E-state index in [1.165, 1.54) is 14.0 Å². The van der Waals surface area contributed by atoms with Crippen LogP contribution >= 0.6 is 11.8 Å². The first-order valence-electron chi connectivity index (χ1n) is 7.71. The van der Waals surface area contributed by atoms with Crippen LogP contribution in [-0.2, 0) is 14.3 Å². The predicted octanol–water partition coefficient (Wildman–Crippen LogP) is 0.763. The van der Waals surface area contributed by atoms with Crippen molar-refractivity contribution in [2.75, 3.05) is 19.1 Å². The first-order chi connectivity index (χ1) is 12.0. The molecule has 1 amide bonds. The maximum Gasteiger partial charge on any atom is 0.328 e. The Kier molecular flexibility index (Phi) is 6.51. The van der Waals surface area contributed by atoms with E-state index in [4.69, 9.17) is 4.74 Å². The number of carbonyl (C=O) groups excluding carboxylic acids is 2. The molecule has 2 aromatic rings. The van der Waals surface area contributed by atoms with Crippen molar-refractivity contribution in [2.24, 2.45) is 0 Å². The Morgan fingerprint density at radius 3 is 2.76 bits per heavy atom. The fourth-order valence-corrected chi connectivity index (χ4v) is 2.76. The quantitative estimate of drug-likeness (QED) is 0.724. The summed E-state index contributed by atoms with van der Waals surface area (Å²) in [5.41, 5.74) is 0.0516. The Balaban J connectivity index is 2.22. The molecule has 134 valence electrons. The van der Waals surface area contributed by atoms with Crippen LogP contribution in [-0.4, -0.2) is 52.0 Å². The number of carbonyl (C=O) groups is 2. The highest BCUT2D eigenvalue weighted by Gasteiger charge is 2.26. The van der Waals surface area contributed by atoms with E-state index in [1.54, 1.807) is 36.0 Å². The number of amides is 1. The highest BCUT2D eigenvalue weighted by atomic mass is 32.2. The second-order valence-corrected chi connectivity index (χ2v) is 6.38. The molecule has 2 unspecified atom stereocenters. The van der Waals surface area contributed by atoms with Crippen molar-refractivity contribution in [2.45, 2.75) is 25.4 Å². The third-order valence-corrected chi connectivity index (χ3v) is 4.39. The first-order valence-corrected chi connectivity index (χ1v) is 9.10. The van der Waals surface area contributed by atoms with Gasteiger partial charge < -0.3 is 10.1 Å². The highest BCUT2D eigenvalue weighted by molar-refractivity contribution is 7.98. The summed E-state index contributed by atoms with van der Waals surface area (Å²) in [5, 5.41) is 10.8. The molecule has 2 atom stereocenters. The minimum Gasteiger partial charge on any atom is -0.467 e. The number of benzene rings is 1. The van der Waals surface area contributed by atoms with Crippen molar-refractivity contribution in [3.63, 3.8) is 0 Å². The molecule has 0 bridgehead atoms. The van der Waals surface area contributed by atoms with Crippen molar-refractivity contribution in [3.05, 3.63) is 34.6 Å². The maximum atomic E-state index is 12.5. The van der Waals surface area contributed by atoms with E-state index >= 15 is 0 Å². The number of ether oxygens (including phenoxy) is 1. The van der Waals surface area contributed by atoms with E-state index in [-0.39, 0.29) is 0 Å². The number of nitrogens with zero attached hydrogens (tertiary/aromatic N) is 3. The van der Waals surface area contributed by atoms with Gasteiger partial charge in [0.15, 0.2) is 0 Å². The molecule has 1 aromatic heterocycles. The Morgan fingerprint density at radius 2 is 2.08 bits per heavy atom. The first kappa shape index (κ1) is 18.9. The van der Waals surface area contributed by atoms with Crippen LogP contribution in [0.1, 0.15) is 19.4 Å². The molecule has 0 aliphatic heterocycles. The lowest BCUT2D eigenvalue weighted by Crippen LogP contribution is -2.46. The number of nitrogens with one attached hydrogen (secondary N) is 1. The number of hydrogen-bond acceptors (Lipinski definition) is 7. The number of thioether (sulfide) groups is 1. The van der Waals surface area contributed by atoms with Gasteiger partial charge in [0.1, 0.15) is 17.6 Å². The van der Waals surface area contributed by atoms with Gasteiger partial charge in [0.25, 0.3) is 5.56 Å². The SMILES string of the molecule is COC(=O)C(CCSC)NC(=O)C(C)n1nnc2ccccc2c1=O. The van der Waals surface area contributed by atoms with Gasteiger partial charge in [0.05, 0.1) is 12.5 Å². The molecule has 1 aromatic carbocycles. The predicted molar refractivity (Wildman–Crippen MR) is 95.5 cm³/mol. The molecule has 2 rings (SSSR count). The summed E-state index contributed by atoms with van der Waals surface area (Å²) in [7, 11) is 1.27. The van der Waals surface area contributed by atoms with Gasteiger partial charge in [-0.3, -0.25) is 9.59 Å². The van der Waals surface area contributed by atoms with Crippen LogP contribution in [0, 0.1) is 0 Å². The van der Waals surface area contributed by atoms with Crippen molar-refractivity contribution in [3.8, 4) is 0 Å². The lowest BCUT2D eigenvalue weighted by molar-refractivity contribution is -0.145. The van der Waals surface area contributed by atoms with E-state index in [0.29, 0.717) is 23.1 Å². The molecule has 1 N–H and O–H groups in total. The van der Waals surface area contributed by atoms with Gasteiger partial charge in [-0.2, -0.15) is 16.4 Å². The number of hydrogen-bond donors (Lipinski definition) is 1.